The molecule has 0 aliphatic heterocycles. The van der Waals surface area contributed by atoms with E-state index in [0.29, 0.717) is 24.5 Å². The average Bonchev–Trinajstić information content (AvgIpc) is 2.61. The Morgan fingerprint density at radius 3 is 2.36 bits per heavy atom. The number of nitrogens with zero attached hydrogens (tertiary/aromatic N) is 2. The summed E-state index contributed by atoms with van der Waals surface area (Å²) >= 11 is 0. The van der Waals surface area contributed by atoms with E-state index in [1.54, 1.807) is 43.3 Å². The lowest BCUT2D eigenvalue weighted by Crippen LogP contribution is -2.33. The van der Waals surface area contributed by atoms with Crippen molar-refractivity contribution < 1.29 is 19.4 Å². The summed E-state index contributed by atoms with van der Waals surface area (Å²) in [6.45, 7) is 5.97. The van der Waals surface area contributed by atoms with Crippen molar-refractivity contribution >= 4 is 23.6 Å². The minimum Gasteiger partial charge on any atom is -0.465 e. The summed E-state index contributed by atoms with van der Waals surface area (Å²) in [6, 6.07) is 15.5. The average molecular weight is 340 g/mol. The van der Waals surface area contributed by atoms with Crippen LogP contribution >= 0.6 is 0 Å². The second-order valence-corrected chi connectivity index (χ2v) is 5.13. The zero-order valence-electron chi connectivity index (χ0n) is 14.0. The Labute approximate surface area is 146 Å². The van der Waals surface area contributed by atoms with Gasteiger partial charge in [0.25, 0.3) is 0 Å². The molecule has 0 bridgehead atoms. The number of amides is 2. The number of hydrogen-bond acceptors (Lipinski definition) is 3. The van der Waals surface area contributed by atoms with Crippen molar-refractivity contribution in [3.63, 3.8) is 0 Å². The Bertz CT molecular complexity index is 746. The van der Waals surface area contributed by atoms with Crippen LogP contribution in [-0.4, -0.2) is 30.4 Å². The summed E-state index contributed by atoms with van der Waals surface area (Å²) in [7, 11) is 0. The zero-order chi connectivity index (χ0) is 18.2. The SMILES string of the molecule is C=CCN(C(=O)Oc1cccc(N(CC)C(=O)O)c1)c1ccccc1. The maximum Gasteiger partial charge on any atom is 0.420 e. The molecule has 0 unspecified atom stereocenters. The van der Waals surface area contributed by atoms with Crippen LogP contribution < -0.4 is 14.5 Å². The van der Waals surface area contributed by atoms with Crippen LogP contribution in [0.4, 0.5) is 21.0 Å². The van der Waals surface area contributed by atoms with Gasteiger partial charge in [-0.3, -0.25) is 9.80 Å². The molecule has 0 saturated carbocycles. The van der Waals surface area contributed by atoms with Gasteiger partial charge in [0.2, 0.25) is 0 Å². The number of para-hydroxylation sites is 1. The quantitative estimate of drug-likeness (QED) is 0.792. The highest BCUT2D eigenvalue weighted by molar-refractivity contribution is 5.90. The fourth-order valence-corrected chi connectivity index (χ4v) is 2.32. The van der Waals surface area contributed by atoms with Gasteiger partial charge in [-0.25, -0.2) is 9.59 Å². The zero-order valence-corrected chi connectivity index (χ0v) is 14.0. The summed E-state index contributed by atoms with van der Waals surface area (Å²) in [6.07, 6.45) is -0.0290. The molecule has 0 fully saturated rings. The Morgan fingerprint density at radius 2 is 1.76 bits per heavy atom. The van der Waals surface area contributed by atoms with E-state index in [1.807, 2.05) is 18.2 Å². The number of carboxylic acid groups (broad SMARTS) is 1. The third-order valence-electron chi connectivity index (χ3n) is 3.48. The third kappa shape index (κ3) is 4.60. The molecular formula is C19H20N2O4. The van der Waals surface area contributed by atoms with Crippen molar-refractivity contribution in [3.8, 4) is 5.75 Å². The fourth-order valence-electron chi connectivity index (χ4n) is 2.32. The molecule has 0 aliphatic carbocycles. The number of hydrogen-bond donors (Lipinski definition) is 1. The standard InChI is InChI=1S/C19H20N2O4/c1-3-13-21(15-9-6-5-7-10-15)19(24)25-17-12-8-11-16(14-17)20(4-2)18(22)23/h3,5-12,14H,1,4,13H2,2H3,(H,22,23). The molecule has 0 saturated heterocycles. The molecule has 0 radical (unpaired) electrons. The highest BCUT2D eigenvalue weighted by atomic mass is 16.6. The van der Waals surface area contributed by atoms with Gasteiger partial charge < -0.3 is 9.84 Å². The highest BCUT2D eigenvalue weighted by Crippen LogP contribution is 2.23. The maximum atomic E-state index is 12.5. The lowest BCUT2D eigenvalue weighted by molar-refractivity contribution is 0.202. The molecule has 0 aliphatic rings. The Morgan fingerprint density at radius 1 is 1.08 bits per heavy atom. The van der Waals surface area contributed by atoms with Gasteiger partial charge >= 0.3 is 12.2 Å². The van der Waals surface area contributed by atoms with E-state index in [-0.39, 0.29) is 5.75 Å². The maximum absolute atomic E-state index is 12.5. The van der Waals surface area contributed by atoms with Gasteiger partial charge in [0.15, 0.2) is 0 Å². The molecule has 0 atom stereocenters. The van der Waals surface area contributed by atoms with E-state index in [9.17, 15) is 14.7 Å². The van der Waals surface area contributed by atoms with E-state index in [2.05, 4.69) is 6.58 Å². The summed E-state index contributed by atoms with van der Waals surface area (Å²) in [5.74, 6) is 0.271. The number of ether oxygens (including phenoxy) is 1. The van der Waals surface area contributed by atoms with Gasteiger partial charge in [-0.05, 0) is 31.2 Å². The first-order valence-electron chi connectivity index (χ1n) is 7.82. The first kappa shape index (κ1) is 18.1. The molecule has 25 heavy (non-hydrogen) atoms. The normalized spacial score (nSPS) is 9.96. The fraction of sp³-hybridized carbons (Fsp3) is 0.158. The number of anilines is 2. The first-order chi connectivity index (χ1) is 12.1. The van der Waals surface area contributed by atoms with Crippen molar-refractivity contribution in [3.05, 3.63) is 67.3 Å². The van der Waals surface area contributed by atoms with Gasteiger partial charge in [-0.15, -0.1) is 6.58 Å². The van der Waals surface area contributed by atoms with E-state index in [1.165, 1.54) is 11.0 Å². The van der Waals surface area contributed by atoms with Crippen molar-refractivity contribution in [2.75, 3.05) is 22.9 Å². The van der Waals surface area contributed by atoms with Crippen LogP contribution in [0.1, 0.15) is 6.92 Å². The van der Waals surface area contributed by atoms with Crippen LogP contribution in [-0.2, 0) is 0 Å². The lowest BCUT2D eigenvalue weighted by atomic mass is 10.2. The Kier molecular flexibility index (Phi) is 6.17. The molecule has 2 rings (SSSR count). The molecule has 2 aromatic rings. The molecule has 6 nitrogen and oxygen atoms in total. The predicted molar refractivity (Wildman–Crippen MR) is 97.5 cm³/mol. The minimum atomic E-state index is -1.07. The predicted octanol–water partition coefficient (Wildman–Crippen LogP) is 4.38. The second-order valence-electron chi connectivity index (χ2n) is 5.13. The molecule has 6 heteroatoms. The van der Waals surface area contributed by atoms with Crippen molar-refractivity contribution in [2.24, 2.45) is 0 Å². The molecule has 1 N–H and O–H groups in total. The second kappa shape index (κ2) is 8.54. The van der Waals surface area contributed by atoms with Crippen molar-refractivity contribution in [1.29, 1.82) is 0 Å². The smallest absolute Gasteiger partial charge is 0.420 e. The number of benzene rings is 2. The van der Waals surface area contributed by atoms with Gasteiger partial charge in [0, 0.05) is 24.8 Å². The first-order valence-corrected chi connectivity index (χ1v) is 7.82. The van der Waals surface area contributed by atoms with Crippen LogP contribution in [0.5, 0.6) is 5.75 Å². The van der Waals surface area contributed by atoms with Gasteiger partial charge in [-0.2, -0.15) is 0 Å². The monoisotopic (exact) mass is 340 g/mol. The summed E-state index contributed by atoms with van der Waals surface area (Å²) in [5, 5.41) is 9.21. The van der Waals surface area contributed by atoms with Gasteiger partial charge in [-0.1, -0.05) is 30.3 Å². The molecule has 130 valence electrons. The molecule has 0 heterocycles. The molecule has 2 amide bonds. The highest BCUT2D eigenvalue weighted by Gasteiger charge is 2.18. The van der Waals surface area contributed by atoms with Gasteiger partial charge in [0.1, 0.15) is 5.75 Å². The minimum absolute atomic E-state index is 0.271. The molecule has 2 aromatic carbocycles. The number of carbonyl (C=O) groups is 2. The summed E-state index contributed by atoms with van der Waals surface area (Å²) in [5.41, 5.74) is 1.12. The van der Waals surface area contributed by atoms with Crippen LogP contribution in [0, 0.1) is 0 Å². The van der Waals surface area contributed by atoms with Crippen LogP contribution in [0.3, 0.4) is 0 Å². The third-order valence-corrected chi connectivity index (χ3v) is 3.48. The van der Waals surface area contributed by atoms with Crippen LogP contribution in [0.15, 0.2) is 67.3 Å². The molecular weight excluding hydrogens is 320 g/mol. The van der Waals surface area contributed by atoms with E-state index in [4.69, 9.17) is 4.74 Å². The van der Waals surface area contributed by atoms with Crippen LogP contribution in [0.25, 0.3) is 0 Å². The Hall–Kier alpha value is -3.28. The van der Waals surface area contributed by atoms with Crippen molar-refractivity contribution in [1.82, 2.24) is 0 Å². The van der Waals surface area contributed by atoms with E-state index >= 15 is 0 Å². The van der Waals surface area contributed by atoms with E-state index in [0.717, 1.165) is 4.90 Å². The topological polar surface area (TPSA) is 70.1 Å². The number of carbonyl (C=O) groups excluding carboxylic acids is 1. The van der Waals surface area contributed by atoms with E-state index < -0.39 is 12.2 Å². The van der Waals surface area contributed by atoms with Crippen LogP contribution in [0.2, 0.25) is 0 Å². The van der Waals surface area contributed by atoms with Crippen molar-refractivity contribution in [2.45, 2.75) is 6.92 Å². The number of rotatable bonds is 6. The largest absolute Gasteiger partial charge is 0.465 e. The Balaban J connectivity index is 2.21. The van der Waals surface area contributed by atoms with Gasteiger partial charge in [0.05, 0.1) is 5.69 Å². The summed E-state index contributed by atoms with van der Waals surface area (Å²) < 4.78 is 5.42. The lowest BCUT2D eigenvalue weighted by Gasteiger charge is -2.21. The molecule has 0 spiro atoms. The summed E-state index contributed by atoms with van der Waals surface area (Å²) in [4.78, 5) is 26.4. The molecule has 0 aromatic heterocycles.